The summed E-state index contributed by atoms with van der Waals surface area (Å²) in [5, 5.41) is 16.7. The molecular formula is C33H46N2O8Si. The Morgan fingerprint density at radius 3 is 2.61 bits per heavy atom. The van der Waals surface area contributed by atoms with Crippen molar-refractivity contribution in [2.24, 2.45) is 5.16 Å². The van der Waals surface area contributed by atoms with Gasteiger partial charge in [0.15, 0.2) is 8.32 Å². The topological polar surface area (TPSA) is 133 Å². The number of fused-ring (bicyclic) bond motifs is 1. The third kappa shape index (κ3) is 11.6. The van der Waals surface area contributed by atoms with Gasteiger partial charge in [0.05, 0.1) is 18.7 Å². The van der Waals surface area contributed by atoms with Crippen molar-refractivity contribution in [2.75, 3.05) is 7.11 Å². The van der Waals surface area contributed by atoms with Crippen LogP contribution >= 0.6 is 0 Å². The average molecular weight is 627 g/mol. The summed E-state index contributed by atoms with van der Waals surface area (Å²) >= 11 is 0. The minimum atomic E-state index is -2.18. The van der Waals surface area contributed by atoms with Gasteiger partial charge in [-0.3, -0.25) is 9.59 Å². The van der Waals surface area contributed by atoms with Crippen molar-refractivity contribution in [3.63, 3.8) is 0 Å². The van der Waals surface area contributed by atoms with Crippen molar-refractivity contribution >= 4 is 32.4 Å². The third-order valence-corrected chi connectivity index (χ3v) is 11.9. The van der Waals surface area contributed by atoms with Crippen molar-refractivity contribution in [1.29, 1.82) is 0 Å². The van der Waals surface area contributed by atoms with E-state index in [0.717, 1.165) is 5.57 Å². The number of cyclic esters (lactones) is 2. The predicted molar refractivity (Wildman–Crippen MR) is 173 cm³/mol. The van der Waals surface area contributed by atoms with Crippen molar-refractivity contribution in [1.82, 2.24) is 5.32 Å². The first kappa shape index (κ1) is 36.2. The number of oxime groups is 1. The average Bonchev–Trinajstić information content (AvgIpc) is 2.93. The Kier molecular flexibility index (Phi) is 13.8. The SMILES string of the molecule is CO/N=C/C=C/C(=O)N/C=C/C[C@H]1CC(=O)O[C@@H](C)/C=C/C(O[Si](C)(C)C(C)(C)C)/C(C)=C\Cc2cccc(O)c2C(=O)O1. The van der Waals surface area contributed by atoms with E-state index in [1.165, 1.54) is 37.7 Å². The van der Waals surface area contributed by atoms with Crippen molar-refractivity contribution < 1.29 is 38.2 Å². The zero-order valence-electron chi connectivity index (χ0n) is 27.0. The molecule has 1 aromatic carbocycles. The quantitative estimate of drug-likeness (QED) is 0.0911. The first-order valence-electron chi connectivity index (χ1n) is 14.6. The maximum atomic E-state index is 13.4. The molecule has 0 radical (unpaired) electrons. The molecule has 10 nitrogen and oxygen atoms in total. The summed E-state index contributed by atoms with van der Waals surface area (Å²) in [5.41, 5.74) is 1.52. The molecule has 3 atom stereocenters. The number of amides is 1. The second-order valence-corrected chi connectivity index (χ2v) is 16.8. The van der Waals surface area contributed by atoms with Crippen LogP contribution in [0.3, 0.4) is 0 Å². The molecular weight excluding hydrogens is 580 g/mol. The number of ether oxygens (including phenoxy) is 2. The van der Waals surface area contributed by atoms with E-state index in [1.807, 2.05) is 19.1 Å². The van der Waals surface area contributed by atoms with E-state index < -0.39 is 38.4 Å². The highest BCUT2D eigenvalue weighted by molar-refractivity contribution is 6.74. The highest BCUT2D eigenvalue weighted by Crippen LogP contribution is 2.38. The number of aromatic hydroxyl groups is 1. The molecule has 0 bridgehead atoms. The summed E-state index contributed by atoms with van der Waals surface area (Å²) < 4.78 is 18.1. The fourth-order valence-corrected chi connectivity index (χ4v) is 5.17. The van der Waals surface area contributed by atoms with Crippen molar-refractivity contribution in [3.05, 3.63) is 77.6 Å². The van der Waals surface area contributed by atoms with Crippen LogP contribution in [0, 0.1) is 0 Å². The fraction of sp³-hybridized carbons (Fsp3) is 0.455. The molecule has 0 fully saturated rings. The molecule has 0 aliphatic carbocycles. The van der Waals surface area contributed by atoms with Gasteiger partial charge in [-0.1, -0.05) is 56.3 Å². The van der Waals surface area contributed by atoms with Gasteiger partial charge in [-0.2, -0.15) is 0 Å². The first-order chi connectivity index (χ1) is 20.6. The number of benzene rings is 1. The van der Waals surface area contributed by atoms with Crippen LogP contribution in [-0.2, 0) is 34.7 Å². The molecule has 1 unspecified atom stereocenters. The van der Waals surface area contributed by atoms with Crippen LogP contribution in [0.4, 0.5) is 0 Å². The van der Waals surface area contributed by atoms with Crippen LogP contribution in [0.5, 0.6) is 5.75 Å². The van der Waals surface area contributed by atoms with Crippen LogP contribution in [0.2, 0.25) is 18.1 Å². The number of carbonyl (C=O) groups is 3. The monoisotopic (exact) mass is 626 g/mol. The van der Waals surface area contributed by atoms with E-state index in [0.29, 0.717) is 12.0 Å². The zero-order valence-corrected chi connectivity index (χ0v) is 28.0. The number of nitrogens with zero attached hydrogens (tertiary/aromatic N) is 1. The molecule has 0 aromatic heterocycles. The lowest BCUT2D eigenvalue weighted by molar-refractivity contribution is -0.148. The predicted octanol–water partition coefficient (Wildman–Crippen LogP) is 5.90. The smallest absolute Gasteiger partial charge is 0.342 e. The van der Waals surface area contributed by atoms with Gasteiger partial charge in [0, 0.05) is 18.7 Å². The van der Waals surface area contributed by atoms with Gasteiger partial charge in [-0.05, 0) is 67.8 Å². The summed E-state index contributed by atoms with van der Waals surface area (Å²) in [7, 11) is -0.794. The lowest BCUT2D eigenvalue weighted by Gasteiger charge is -2.39. The standard InChI is InChI=1S/C33H46N2O8Si/c1-23-16-18-25-12-9-14-27(36)31(25)32(39)42-26(13-10-20-34-29(37)15-11-21-35-40-6)22-30(38)41-24(2)17-19-28(23)43-44(7,8)33(3,4)5/h9-12,14-17,19-21,24,26,28,36H,13,18,22H2,1-8H3,(H,34,37)/b15-11+,19-17+,20-10+,23-16-,35-21+/t24-,26-,28?/m0/s1. The Morgan fingerprint density at radius 1 is 1.20 bits per heavy atom. The normalized spacial score (nSPS) is 22.8. The van der Waals surface area contributed by atoms with Gasteiger partial charge >= 0.3 is 11.9 Å². The molecule has 0 spiro atoms. The molecule has 1 aromatic rings. The number of hydrogen-bond acceptors (Lipinski definition) is 9. The molecule has 2 N–H and O–H groups in total. The van der Waals surface area contributed by atoms with E-state index in [9.17, 15) is 19.5 Å². The van der Waals surface area contributed by atoms with Crippen LogP contribution in [0.1, 0.15) is 63.4 Å². The van der Waals surface area contributed by atoms with Gasteiger partial charge in [0.1, 0.15) is 30.6 Å². The summed E-state index contributed by atoms with van der Waals surface area (Å²) in [6.07, 6.45) is 11.0. The van der Waals surface area contributed by atoms with Crippen LogP contribution < -0.4 is 5.32 Å². The number of esters is 2. The molecule has 1 aliphatic heterocycles. The number of phenols is 1. The summed E-state index contributed by atoms with van der Waals surface area (Å²) in [4.78, 5) is 42.8. The van der Waals surface area contributed by atoms with Gasteiger partial charge in [-0.15, -0.1) is 0 Å². The second kappa shape index (κ2) is 16.8. The van der Waals surface area contributed by atoms with E-state index in [4.69, 9.17) is 13.9 Å². The summed E-state index contributed by atoms with van der Waals surface area (Å²) in [6.45, 7) is 14.6. The molecule has 2 rings (SSSR count). The highest BCUT2D eigenvalue weighted by Gasteiger charge is 2.39. The Bertz CT molecular complexity index is 1310. The maximum absolute atomic E-state index is 13.4. The summed E-state index contributed by atoms with van der Waals surface area (Å²) in [6, 6.07) is 4.84. The van der Waals surface area contributed by atoms with Gasteiger partial charge < -0.3 is 29.2 Å². The number of rotatable bonds is 8. The lowest BCUT2D eigenvalue weighted by Crippen LogP contribution is -2.43. The number of phenolic OH excluding ortho intramolecular Hbond substituents is 1. The molecule has 240 valence electrons. The number of carbonyl (C=O) groups excluding carboxylic acids is 3. The first-order valence-corrected chi connectivity index (χ1v) is 17.5. The van der Waals surface area contributed by atoms with Crippen molar-refractivity contribution in [3.8, 4) is 5.75 Å². The number of hydrogen-bond donors (Lipinski definition) is 2. The molecule has 1 amide bonds. The van der Waals surface area contributed by atoms with Gasteiger partial charge in [0.25, 0.3) is 0 Å². The fourth-order valence-electron chi connectivity index (χ4n) is 3.91. The molecule has 0 saturated carbocycles. The second-order valence-electron chi connectivity index (χ2n) is 12.0. The largest absolute Gasteiger partial charge is 0.507 e. The van der Waals surface area contributed by atoms with Crippen LogP contribution in [0.25, 0.3) is 0 Å². The molecule has 1 heterocycles. The van der Waals surface area contributed by atoms with Crippen molar-refractivity contribution in [2.45, 2.75) is 90.3 Å². The third-order valence-electron chi connectivity index (χ3n) is 7.44. The molecule has 44 heavy (non-hydrogen) atoms. The van der Waals surface area contributed by atoms with E-state index in [1.54, 1.807) is 31.2 Å². The zero-order chi connectivity index (χ0) is 32.9. The van der Waals surface area contributed by atoms with E-state index >= 15 is 0 Å². The molecule has 11 heteroatoms. The number of allylic oxidation sites excluding steroid dienone is 2. The lowest BCUT2D eigenvalue weighted by atomic mass is 10.0. The Morgan fingerprint density at radius 2 is 1.93 bits per heavy atom. The minimum Gasteiger partial charge on any atom is -0.507 e. The van der Waals surface area contributed by atoms with Crippen LogP contribution in [-0.4, -0.2) is 62.9 Å². The Labute approximate surface area is 261 Å². The van der Waals surface area contributed by atoms with E-state index in [2.05, 4.69) is 49.2 Å². The van der Waals surface area contributed by atoms with Crippen LogP contribution in [0.15, 0.2) is 71.6 Å². The molecule has 0 saturated heterocycles. The summed E-state index contributed by atoms with van der Waals surface area (Å²) in [5.74, 6) is -1.98. The van der Waals surface area contributed by atoms with Gasteiger partial charge in [0.2, 0.25) is 5.91 Å². The number of nitrogens with one attached hydrogen (secondary N) is 1. The van der Waals surface area contributed by atoms with Gasteiger partial charge in [-0.25, -0.2) is 4.79 Å². The van der Waals surface area contributed by atoms with E-state index in [-0.39, 0.29) is 35.3 Å². The Hall–Kier alpha value is -3.96. The highest BCUT2D eigenvalue weighted by atomic mass is 28.4. The Balaban J connectivity index is 2.38. The minimum absolute atomic E-state index is 0.0238. The molecule has 1 aliphatic rings. The maximum Gasteiger partial charge on any atom is 0.342 e.